The van der Waals surface area contributed by atoms with Crippen molar-refractivity contribution in [2.75, 3.05) is 0 Å². The smallest absolute Gasteiger partial charge is 0.0696 e. The van der Waals surface area contributed by atoms with Crippen molar-refractivity contribution in [2.45, 2.75) is 24.5 Å². The fourth-order valence-corrected chi connectivity index (χ4v) is 2.51. The number of rotatable bonds is 2. The molecule has 0 atom stereocenters. The van der Waals surface area contributed by atoms with E-state index in [0.717, 1.165) is 11.3 Å². The fraction of sp³-hybridized carbons (Fsp3) is 0.308. The lowest BCUT2D eigenvalue weighted by molar-refractivity contribution is 0.0209. The normalized spacial score (nSPS) is 27.8. The van der Waals surface area contributed by atoms with Gasteiger partial charge in [-0.2, -0.15) is 5.10 Å². The molecule has 0 saturated heterocycles. The van der Waals surface area contributed by atoms with Gasteiger partial charge in [-0.05, 0) is 30.5 Å². The molecule has 4 nitrogen and oxygen atoms in total. The summed E-state index contributed by atoms with van der Waals surface area (Å²) >= 11 is 0. The molecule has 1 heterocycles. The minimum atomic E-state index is -0.415. The summed E-state index contributed by atoms with van der Waals surface area (Å²) in [5.41, 5.74) is 7.95. The molecule has 1 aromatic carbocycles. The number of benzene rings is 1. The minimum absolute atomic E-state index is 0.273. The van der Waals surface area contributed by atoms with Gasteiger partial charge in [0.2, 0.25) is 0 Å². The minimum Gasteiger partial charge on any atom is -0.393 e. The summed E-state index contributed by atoms with van der Waals surface area (Å²) in [6.07, 6.45) is 4.61. The quantitative estimate of drug-likeness (QED) is 0.812. The van der Waals surface area contributed by atoms with Gasteiger partial charge < -0.3 is 10.8 Å². The van der Waals surface area contributed by atoms with Gasteiger partial charge in [-0.15, -0.1) is 0 Å². The lowest BCUT2D eigenvalue weighted by atomic mass is 9.70. The van der Waals surface area contributed by atoms with E-state index in [1.807, 2.05) is 41.2 Å². The number of aromatic nitrogens is 2. The molecule has 0 unspecified atom stereocenters. The first kappa shape index (κ1) is 10.5. The van der Waals surface area contributed by atoms with Gasteiger partial charge >= 0.3 is 0 Å². The highest BCUT2D eigenvalue weighted by Gasteiger charge is 2.42. The maximum atomic E-state index is 9.46. The standard InChI is InChI=1S/C13H15N3O/c14-13(8-10(17)9-13)11-4-1-2-5-12(11)16-7-3-6-15-16/h1-7,10,17H,8-9,14H2. The van der Waals surface area contributed by atoms with E-state index in [0.29, 0.717) is 12.8 Å². The van der Waals surface area contributed by atoms with Gasteiger partial charge in [0, 0.05) is 17.9 Å². The molecule has 1 aliphatic carbocycles. The molecule has 4 heteroatoms. The summed E-state index contributed by atoms with van der Waals surface area (Å²) in [5, 5.41) is 13.7. The molecular weight excluding hydrogens is 214 g/mol. The summed E-state index contributed by atoms with van der Waals surface area (Å²) in [4.78, 5) is 0. The Labute approximate surface area is 99.7 Å². The first-order chi connectivity index (χ1) is 8.19. The Kier molecular flexibility index (Phi) is 2.28. The molecule has 1 aliphatic rings. The highest BCUT2D eigenvalue weighted by atomic mass is 16.3. The third kappa shape index (κ3) is 1.66. The number of para-hydroxylation sites is 1. The summed E-state index contributed by atoms with van der Waals surface area (Å²) in [6, 6.07) is 9.85. The molecule has 1 aromatic heterocycles. The highest BCUT2D eigenvalue weighted by molar-refractivity contribution is 5.46. The molecule has 2 aromatic rings. The highest BCUT2D eigenvalue weighted by Crippen LogP contribution is 2.41. The third-order valence-corrected chi connectivity index (χ3v) is 3.39. The van der Waals surface area contributed by atoms with Crippen LogP contribution >= 0.6 is 0 Å². The van der Waals surface area contributed by atoms with Gasteiger partial charge in [-0.3, -0.25) is 0 Å². The largest absolute Gasteiger partial charge is 0.393 e. The Morgan fingerprint density at radius 1 is 1.29 bits per heavy atom. The van der Waals surface area contributed by atoms with Crippen LogP contribution in [0.5, 0.6) is 0 Å². The van der Waals surface area contributed by atoms with Crippen molar-refractivity contribution in [3.05, 3.63) is 48.3 Å². The van der Waals surface area contributed by atoms with Crippen molar-refractivity contribution in [3.63, 3.8) is 0 Å². The zero-order valence-corrected chi connectivity index (χ0v) is 9.45. The van der Waals surface area contributed by atoms with Crippen LogP contribution in [0.3, 0.4) is 0 Å². The Balaban J connectivity index is 2.06. The van der Waals surface area contributed by atoms with Crippen LogP contribution in [0.15, 0.2) is 42.7 Å². The average molecular weight is 229 g/mol. The predicted molar refractivity (Wildman–Crippen MR) is 64.7 cm³/mol. The topological polar surface area (TPSA) is 64.1 Å². The summed E-state index contributed by atoms with van der Waals surface area (Å²) in [5.74, 6) is 0. The van der Waals surface area contributed by atoms with E-state index >= 15 is 0 Å². The molecule has 1 saturated carbocycles. The molecular formula is C13H15N3O. The van der Waals surface area contributed by atoms with Crippen LogP contribution < -0.4 is 5.73 Å². The number of nitrogens with two attached hydrogens (primary N) is 1. The molecule has 17 heavy (non-hydrogen) atoms. The second-order valence-corrected chi connectivity index (χ2v) is 4.69. The number of hydrogen-bond donors (Lipinski definition) is 2. The summed E-state index contributed by atoms with van der Waals surface area (Å²) in [6.45, 7) is 0. The summed E-state index contributed by atoms with van der Waals surface area (Å²) < 4.78 is 1.81. The molecule has 0 amide bonds. The Hall–Kier alpha value is -1.65. The van der Waals surface area contributed by atoms with Crippen molar-refractivity contribution in [1.29, 1.82) is 0 Å². The van der Waals surface area contributed by atoms with Crippen LogP contribution in [0.4, 0.5) is 0 Å². The lowest BCUT2D eigenvalue weighted by Crippen LogP contribution is -2.52. The van der Waals surface area contributed by atoms with E-state index in [2.05, 4.69) is 5.10 Å². The average Bonchev–Trinajstić information content (AvgIpc) is 2.80. The van der Waals surface area contributed by atoms with E-state index in [1.165, 1.54) is 0 Å². The van der Waals surface area contributed by atoms with Crippen LogP contribution in [0.1, 0.15) is 18.4 Å². The molecule has 3 rings (SSSR count). The third-order valence-electron chi connectivity index (χ3n) is 3.39. The van der Waals surface area contributed by atoms with Crippen molar-refractivity contribution in [1.82, 2.24) is 9.78 Å². The Bertz CT molecular complexity index is 515. The van der Waals surface area contributed by atoms with E-state index in [4.69, 9.17) is 5.73 Å². The van der Waals surface area contributed by atoms with Crippen LogP contribution in [-0.2, 0) is 5.54 Å². The van der Waals surface area contributed by atoms with Crippen LogP contribution in [0.25, 0.3) is 5.69 Å². The van der Waals surface area contributed by atoms with E-state index in [-0.39, 0.29) is 6.10 Å². The van der Waals surface area contributed by atoms with Crippen molar-refractivity contribution >= 4 is 0 Å². The number of nitrogens with zero attached hydrogens (tertiary/aromatic N) is 2. The van der Waals surface area contributed by atoms with Gasteiger partial charge in [-0.25, -0.2) is 4.68 Å². The maximum absolute atomic E-state index is 9.46. The van der Waals surface area contributed by atoms with Crippen molar-refractivity contribution < 1.29 is 5.11 Å². The van der Waals surface area contributed by atoms with Gasteiger partial charge in [0.25, 0.3) is 0 Å². The lowest BCUT2D eigenvalue weighted by Gasteiger charge is -2.43. The van der Waals surface area contributed by atoms with E-state index < -0.39 is 5.54 Å². The fourth-order valence-electron chi connectivity index (χ4n) is 2.51. The Morgan fingerprint density at radius 3 is 2.71 bits per heavy atom. The molecule has 88 valence electrons. The van der Waals surface area contributed by atoms with Crippen LogP contribution in [-0.4, -0.2) is 21.0 Å². The molecule has 0 bridgehead atoms. The SMILES string of the molecule is NC1(c2ccccc2-n2cccn2)CC(O)C1. The maximum Gasteiger partial charge on any atom is 0.0696 e. The summed E-state index contributed by atoms with van der Waals surface area (Å²) in [7, 11) is 0. The second-order valence-electron chi connectivity index (χ2n) is 4.69. The number of hydrogen-bond acceptors (Lipinski definition) is 3. The molecule has 0 aliphatic heterocycles. The van der Waals surface area contributed by atoms with E-state index in [9.17, 15) is 5.11 Å². The monoisotopic (exact) mass is 229 g/mol. The zero-order valence-electron chi connectivity index (χ0n) is 9.45. The molecule has 0 radical (unpaired) electrons. The predicted octanol–water partition coefficient (Wildman–Crippen LogP) is 1.18. The van der Waals surface area contributed by atoms with Gasteiger partial charge in [0.1, 0.15) is 0 Å². The zero-order chi connectivity index (χ0) is 11.9. The number of aliphatic hydroxyl groups excluding tert-OH is 1. The number of aliphatic hydroxyl groups is 1. The van der Waals surface area contributed by atoms with Gasteiger partial charge in [0.15, 0.2) is 0 Å². The van der Waals surface area contributed by atoms with Crippen LogP contribution in [0.2, 0.25) is 0 Å². The first-order valence-corrected chi connectivity index (χ1v) is 5.75. The molecule has 1 fully saturated rings. The van der Waals surface area contributed by atoms with Crippen molar-refractivity contribution in [3.8, 4) is 5.69 Å². The van der Waals surface area contributed by atoms with Gasteiger partial charge in [0.05, 0.1) is 11.8 Å². The molecule has 0 spiro atoms. The molecule has 3 N–H and O–H groups in total. The van der Waals surface area contributed by atoms with Gasteiger partial charge in [-0.1, -0.05) is 18.2 Å². The second kappa shape index (κ2) is 3.68. The van der Waals surface area contributed by atoms with E-state index in [1.54, 1.807) is 6.20 Å². The Morgan fingerprint density at radius 2 is 2.06 bits per heavy atom. The first-order valence-electron chi connectivity index (χ1n) is 5.75. The van der Waals surface area contributed by atoms with Crippen LogP contribution in [0, 0.1) is 0 Å². The van der Waals surface area contributed by atoms with Crippen molar-refractivity contribution in [2.24, 2.45) is 5.73 Å².